The number of aromatic nitrogens is 3. The molecule has 0 fully saturated rings. The Bertz CT molecular complexity index is 987. The second-order valence-electron chi connectivity index (χ2n) is 6.41. The van der Waals surface area contributed by atoms with Crippen LogP contribution in [0.5, 0.6) is 0 Å². The number of ether oxygens (including phenoxy) is 1. The molecule has 2 aromatic rings. The van der Waals surface area contributed by atoms with Crippen molar-refractivity contribution in [3.05, 3.63) is 64.6 Å². The number of esters is 1. The summed E-state index contributed by atoms with van der Waals surface area (Å²) in [7, 11) is 0. The zero-order valence-electron chi connectivity index (χ0n) is 16.6. The smallest absolute Gasteiger partial charge is 0.338 e. The lowest BCUT2D eigenvalue weighted by Crippen LogP contribution is -2.46. The first kappa shape index (κ1) is 21.9. The number of aryl methyl sites for hydroxylation is 1. The van der Waals surface area contributed by atoms with E-state index in [1.54, 1.807) is 37.3 Å². The van der Waals surface area contributed by atoms with Crippen molar-refractivity contribution in [2.45, 2.75) is 31.6 Å². The van der Waals surface area contributed by atoms with E-state index in [9.17, 15) is 9.59 Å². The van der Waals surface area contributed by atoms with Gasteiger partial charge in [0.15, 0.2) is 5.16 Å². The van der Waals surface area contributed by atoms with Crippen molar-refractivity contribution >= 4 is 35.4 Å². The lowest BCUT2D eigenvalue weighted by Gasteiger charge is -2.29. The number of nitrogens with zero attached hydrogens (tertiary/aromatic N) is 3. The van der Waals surface area contributed by atoms with Crippen molar-refractivity contribution < 1.29 is 14.3 Å². The Hall–Kier alpha value is -2.78. The number of carbonyl (C=O) groups excluding carboxylic acids is 2. The maximum atomic E-state index is 12.8. The van der Waals surface area contributed by atoms with E-state index in [1.165, 1.54) is 11.8 Å². The van der Waals surface area contributed by atoms with Crippen LogP contribution in [0.3, 0.4) is 0 Å². The number of allylic oxidation sites excluding steroid dienone is 1. The van der Waals surface area contributed by atoms with Gasteiger partial charge in [-0.2, -0.15) is 0 Å². The van der Waals surface area contributed by atoms with Crippen LogP contribution >= 0.6 is 23.4 Å². The second-order valence-corrected chi connectivity index (χ2v) is 7.79. The first-order valence-corrected chi connectivity index (χ1v) is 10.7. The van der Waals surface area contributed by atoms with Gasteiger partial charge in [0.1, 0.15) is 5.82 Å². The predicted octanol–water partition coefficient (Wildman–Crippen LogP) is 3.39. The van der Waals surface area contributed by atoms with E-state index < -0.39 is 18.0 Å². The molecule has 1 aromatic carbocycles. The van der Waals surface area contributed by atoms with Gasteiger partial charge >= 0.3 is 12.0 Å². The van der Waals surface area contributed by atoms with Crippen LogP contribution in [0, 0.1) is 6.92 Å². The molecule has 2 heterocycles. The summed E-state index contributed by atoms with van der Waals surface area (Å²) in [5.74, 6) is 0.565. The Morgan fingerprint density at radius 2 is 2.10 bits per heavy atom. The zero-order valence-corrected chi connectivity index (χ0v) is 18.2. The van der Waals surface area contributed by atoms with Gasteiger partial charge in [-0.15, -0.1) is 16.8 Å². The van der Waals surface area contributed by atoms with Crippen LogP contribution in [0.4, 0.5) is 4.79 Å². The quantitative estimate of drug-likeness (QED) is 0.365. The Kier molecular flexibility index (Phi) is 7.17. The minimum atomic E-state index is -0.654. The molecule has 3 rings (SSSR count). The molecule has 158 valence electrons. The number of hydrogen-bond acceptors (Lipinski definition) is 6. The molecule has 0 bridgehead atoms. The van der Waals surface area contributed by atoms with E-state index in [1.807, 2.05) is 11.5 Å². The van der Waals surface area contributed by atoms with Gasteiger partial charge in [0.05, 0.1) is 18.2 Å². The molecule has 0 saturated carbocycles. The number of urea groups is 1. The molecule has 1 aliphatic heterocycles. The average Bonchev–Trinajstić information content (AvgIpc) is 3.06. The third kappa shape index (κ3) is 4.85. The van der Waals surface area contributed by atoms with Crippen LogP contribution in [0.25, 0.3) is 0 Å². The molecule has 2 N–H and O–H groups in total. The van der Waals surface area contributed by atoms with Crippen molar-refractivity contribution in [3.63, 3.8) is 0 Å². The van der Waals surface area contributed by atoms with E-state index in [0.717, 1.165) is 11.4 Å². The SMILES string of the molecule is C=CCn1c(C)nnc1SCC1=C(C(=O)OCC)C(c2ccc(Cl)cc2)NC(=O)N1. The zero-order chi connectivity index (χ0) is 21.7. The number of rotatable bonds is 8. The van der Waals surface area contributed by atoms with Crippen molar-refractivity contribution in [3.8, 4) is 0 Å². The average molecular weight is 448 g/mol. The van der Waals surface area contributed by atoms with Crippen molar-refractivity contribution in [2.75, 3.05) is 12.4 Å². The van der Waals surface area contributed by atoms with Gasteiger partial charge < -0.3 is 19.9 Å². The molecule has 2 amide bonds. The monoisotopic (exact) mass is 447 g/mol. The third-order valence-electron chi connectivity index (χ3n) is 4.41. The molecular weight excluding hydrogens is 426 g/mol. The molecule has 1 atom stereocenters. The molecular formula is C20H22ClN5O3S. The summed E-state index contributed by atoms with van der Waals surface area (Å²) in [5, 5.41) is 15.0. The van der Waals surface area contributed by atoms with Gasteiger partial charge in [-0.3, -0.25) is 0 Å². The Morgan fingerprint density at radius 3 is 2.77 bits per heavy atom. The van der Waals surface area contributed by atoms with Crippen LogP contribution in [0.2, 0.25) is 5.02 Å². The lowest BCUT2D eigenvalue weighted by atomic mass is 9.95. The van der Waals surface area contributed by atoms with E-state index >= 15 is 0 Å². The molecule has 1 aromatic heterocycles. The first-order valence-electron chi connectivity index (χ1n) is 9.31. The predicted molar refractivity (Wildman–Crippen MR) is 115 cm³/mol. The fourth-order valence-electron chi connectivity index (χ4n) is 3.03. The Balaban J connectivity index is 1.96. The minimum absolute atomic E-state index is 0.219. The maximum absolute atomic E-state index is 12.8. The molecule has 0 aliphatic carbocycles. The molecule has 10 heteroatoms. The van der Waals surface area contributed by atoms with Gasteiger partial charge in [-0.25, -0.2) is 9.59 Å². The minimum Gasteiger partial charge on any atom is -0.463 e. The van der Waals surface area contributed by atoms with Gasteiger partial charge in [0.25, 0.3) is 0 Å². The van der Waals surface area contributed by atoms with Gasteiger partial charge in [-0.05, 0) is 31.5 Å². The molecule has 0 radical (unpaired) electrons. The number of amides is 2. The molecule has 1 aliphatic rings. The maximum Gasteiger partial charge on any atom is 0.338 e. The third-order valence-corrected chi connectivity index (χ3v) is 5.66. The first-order chi connectivity index (χ1) is 14.4. The van der Waals surface area contributed by atoms with E-state index in [4.69, 9.17) is 16.3 Å². The molecule has 8 nitrogen and oxygen atoms in total. The number of hydrogen-bond donors (Lipinski definition) is 2. The highest BCUT2D eigenvalue weighted by atomic mass is 35.5. The highest BCUT2D eigenvalue weighted by Crippen LogP contribution is 2.31. The second kappa shape index (κ2) is 9.82. The summed E-state index contributed by atoms with van der Waals surface area (Å²) < 4.78 is 7.18. The summed E-state index contributed by atoms with van der Waals surface area (Å²) >= 11 is 7.36. The number of benzene rings is 1. The number of halogens is 1. The van der Waals surface area contributed by atoms with E-state index in [2.05, 4.69) is 27.4 Å². The van der Waals surface area contributed by atoms with Gasteiger partial charge in [0.2, 0.25) is 0 Å². The normalized spacial score (nSPS) is 16.1. The van der Waals surface area contributed by atoms with Crippen molar-refractivity contribution in [1.82, 2.24) is 25.4 Å². The van der Waals surface area contributed by atoms with Crippen LogP contribution in [0.15, 0.2) is 53.3 Å². The van der Waals surface area contributed by atoms with Crippen molar-refractivity contribution in [2.24, 2.45) is 0 Å². The van der Waals surface area contributed by atoms with Crippen LogP contribution in [0.1, 0.15) is 24.4 Å². The lowest BCUT2D eigenvalue weighted by molar-refractivity contribution is -0.139. The molecule has 1 unspecified atom stereocenters. The highest BCUT2D eigenvalue weighted by Gasteiger charge is 2.33. The topological polar surface area (TPSA) is 98.1 Å². The van der Waals surface area contributed by atoms with E-state index in [-0.39, 0.29) is 6.61 Å². The summed E-state index contributed by atoms with van der Waals surface area (Å²) in [6, 6.07) is 5.91. The standard InChI is InChI=1S/C20H22ClN5O3S/c1-4-10-26-12(3)24-25-20(26)30-11-15-16(18(27)29-5-2)17(23-19(28)22-15)13-6-8-14(21)9-7-13/h4,6-9,17H,1,5,10-11H2,2-3H3,(H2,22,23,28). The number of nitrogens with one attached hydrogen (secondary N) is 2. The Labute approximate surface area is 183 Å². The van der Waals surface area contributed by atoms with Crippen molar-refractivity contribution in [1.29, 1.82) is 0 Å². The van der Waals surface area contributed by atoms with Gasteiger partial charge in [0, 0.05) is 23.0 Å². The van der Waals surface area contributed by atoms with Crippen LogP contribution in [-0.4, -0.2) is 39.1 Å². The fraction of sp³-hybridized carbons (Fsp3) is 0.300. The summed E-state index contributed by atoms with van der Waals surface area (Å²) in [4.78, 5) is 25.1. The summed E-state index contributed by atoms with van der Waals surface area (Å²) in [5.41, 5.74) is 1.54. The number of carbonyl (C=O) groups is 2. The van der Waals surface area contributed by atoms with Crippen LogP contribution < -0.4 is 10.6 Å². The van der Waals surface area contributed by atoms with Crippen LogP contribution in [-0.2, 0) is 16.1 Å². The largest absolute Gasteiger partial charge is 0.463 e. The van der Waals surface area contributed by atoms with Gasteiger partial charge in [-0.1, -0.05) is 41.6 Å². The summed E-state index contributed by atoms with van der Waals surface area (Å²) in [6.07, 6.45) is 1.76. The Morgan fingerprint density at radius 1 is 1.37 bits per heavy atom. The number of thioether (sulfide) groups is 1. The van der Waals surface area contributed by atoms with E-state index in [0.29, 0.717) is 33.7 Å². The highest BCUT2D eigenvalue weighted by molar-refractivity contribution is 7.99. The molecule has 0 saturated heterocycles. The summed E-state index contributed by atoms with van der Waals surface area (Å²) in [6.45, 7) is 8.12. The molecule has 0 spiro atoms. The fourth-order valence-corrected chi connectivity index (χ4v) is 4.12. The molecule has 30 heavy (non-hydrogen) atoms.